The molecule has 9 aromatic carbocycles. The van der Waals surface area contributed by atoms with Gasteiger partial charge in [0.2, 0.25) is 0 Å². The van der Waals surface area contributed by atoms with Gasteiger partial charge in [-0.25, -0.2) is 0 Å². The van der Waals surface area contributed by atoms with E-state index in [1.54, 1.807) is 0 Å². The zero-order valence-corrected chi connectivity index (χ0v) is 31.3. The van der Waals surface area contributed by atoms with Gasteiger partial charge >= 0.3 is 0 Å². The van der Waals surface area contributed by atoms with E-state index in [4.69, 9.17) is 0 Å². The van der Waals surface area contributed by atoms with Gasteiger partial charge in [0.15, 0.2) is 0 Å². The van der Waals surface area contributed by atoms with Gasteiger partial charge in [-0.3, -0.25) is 0 Å². The normalized spacial score (nSPS) is 14.2. The minimum atomic E-state index is -0.549. The van der Waals surface area contributed by atoms with Gasteiger partial charge in [-0.2, -0.15) is 0 Å². The highest BCUT2D eigenvalue weighted by Gasteiger charge is 2.58. The predicted molar refractivity (Wildman–Crippen MR) is 235 cm³/mol. The molecule has 0 N–H and O–H groups in total. The van der Waals surface area contributed by atoms with Crippen LogP contribution in [0.15, 0.2) is 224 Å². The van der Waals surface area contributed by atoms with E-state index in [-0.39, 0.29) is 0 Å². The monoisotopic (exact) mass is 723 g/mol. The average Bonchev–Trinajstić information content (AvgIpc) is 3.75. The second kappa shape index (κ2) is 12.1. The molecule has 9 aromatic rings. The summed E-state index contributed by atoms with van der Waals surface area (Å²) in [6, 6.07) is 83.7. The number of fused-ring (bicyclic) bond motifs is 16. The third-order valence-corrected chi connectivity index (χ3v) is 13.0. The molecule has 0 fully saturated rings. The van der Waals surface area contributed by atoms with Crippen molar-refractivity contribution in [3.05, 3.63) is 269 Å². The smallest absolute Gasteiger partial charge is 0.0720 e. The lowest BCUT2D eigenvalue weighted by molar-refractivity contribution is 0.633. The van der Waals surface area contributed by atoms with E-state index in [1.807, 2.05) is 0 Å². The van der Waals surface area contributed by atoms with Crippen molar-refractivity contribution >= 4 is 17.1 Å². The molecular formula is C56H37N. The Balaban J connectivity index is 1.15. The largest absolute Gasteiger partial charge is 0.310 e. The maximum Gasteiger partial charge on any atom is 0.0720 e. The lowest BCUT2D eigenvalue weighted by Crippen LogP contribution is -2.43. The van der Waals surface area contributed by atoms with Crippen LogP contribution in [0.3, 0.4) is 0 Å². The number of para-hydroxylation sites is 1. The first-order valence-electron chi connectivity index (χ1n) is 19.9. The van der Waals surface area contributed by atoms with Crippen LogP contribution in [-0.4, -0.2) is 0 Å². The van der Waals surface area contributed by atoms with Gasteiger partial charge in [-0.1, -0.05) is 188 Å². The van der Waals surface area contributed by atoms with Crippen LogP contribution in [-0.2, 0) is 10.8 Å². The third kappa shape index (κ3) is 4.23. The van der Waals surface area contributed by atoms with E-state index in [0.29, 0.717) is 0 Å². The highest BCUT2D eigenvalue weighted by atomic mass is 15.1. The van der Waals surface area contributed by atoms with Gasteiger partial charge in [0.05, 0.1) is 10.8 Å². The van der Waals surface area contributed by atoms with Crippen LogP contribution < -0.4 is 4.90 Å². The number of nitrogens with zero attached hydrogens (tertiary/aromatic N) is 1. The standard InChI is InChI=1S/C56H37N/c1-3-17-38(18-4-1)39-31-33-41(34-32-39)57(40-19-5-2-6-20-40)42-35-36-46-45-23-9-12-26-49(45)56(54(46)37-42)52-29-15-13-27-50(52)55(51-28-14-16-30-53(51)56)47-24-10-7-21-43(47)44-22-8-11-25-48(44)55/h1-37H. The molecule has 0 aromatic heterocycles. The van der Waals surface area contributed by atoms with Crippen LogP contribution in [0.25, 0.3) is 33.4 Å². The molecule has 1 heteroatoms. The van der Waals surface area contributed by atoms with Crippen LogP contribution in [0.5, 0.6) is 0 Å². The first kappa shape index (κ1) is 32.1. The van der Waals surface area contributed by atoms with E-state index in [2.05, 4.69) is 229 Å². The minimum absolute atomic E-state index is 0.461. The number of rotatable bonds is 4. The van der Waals surface area contributed by atoms with Gasteiger partial charge in [0, 0.05) is 17.1 Å². The van der Waals surface area contributed by atoms with Gasteiger partial charge in [-0.15, -0.1) is 0 Å². The third-order valence-electron chi connectivity index (χ3n) is 13.0. The Kier molecular flexibility index (Phi) is 6.83. The molecule has 0 amide bonds. The van der Waals surface area contributed by atoms with E-state index in [1.165, 1.54) is 77.9 Å². The van der Waals surface area contributed by atoms with E-state index in [9.17, 15) is 0 Å². The summed E-state index contributed by atoms with van der Waals surface area (Å²) in [6.07, 6.45) is 0. The fourth-order valence-electron chi connectivity index (χ4n) is 10.8. The summed E-state index contributed by atoms with van der Waals surface area (Å²) in [5, 5.41) is 0. The van der Waals surface area contributed by atoms with Crippen molar-refractivity contribution in [1.82, 2.24) is 0 Å². The Morgan fingerprint density at radius 2 is 0.561 bits per heavy atom. The number of hydrogen-bond donors (Lipinski definition) is 0. The van der Waals surface area contributed by atoms with Crippen molar-refractivity contribution in [2.45, 2.75) is 10.8 Å². The molecule has 266 valence electrons. The average molecular weight is 724 g/mol. The summed E-state index contributed by atoms with van der Waals surface area (Å²) in [4.78, 5) is 2.41. The molecule has 0 saturated heterocycles. The molecule has 57 heavy (non-hydrogen) atoms. The van der Waals surface area contributed by atoms with Crippen LogP contribution in [0.2, 0.25) is 0 Å². The molecule has 0 atom stereocenters. The lowest BCUT2D eigenvalue weighted by Gasteiger charge is -2.49. The first-order valence-corrected chi connectivity index (χ1v) is 19.9. The van der Waals surface area contributed by atoms with Crippen LogP contribution in [0.1, 0.15) is 44.5 Å². The highest BCUT2D eigenvalue weighted by molar-refractivity contribution is 5.95. The van der Waals surface area contributed by atoms with Crippen LogP contribution in [0, 0.1) is 0 Å². The Morgan fingerprint density at radius 1 is 0.228 bits per heavy atom. The number of benzene rings is 9. The molecule has 3 aliphatic carbocycles. The summed E-state index contributed by atoms with van der Waals surface area (Å²) in [5.41, 5.74) is 20.8. The van der Waals surface area contributed by atoms with E-state index < -0.39 is 10.8 Å². The molecular weight excluding hydrogens is 687 g/mol. The zero-order chi connectivity index (χ0) is 37.6. The molecule has 0 radical (unpaired) electrons. The zero-order valence-electron chi connectivity index (χ0n) is 31.3. The van der Waals surface area contributed by atoms with E-state index in [0.717, 1.165) is 17.1 Å². The summed E-state index contributed by atoms with van der Waals surface area (Å²) in [5.74, 6) is 0. The fourth-order valence-corrected chi connectivity index (χ4v) is 10.8. The molecule has 2 spiro atoms. The highest BCUT2D eigenvalue weighted by Crippen LogP contribution is 2.67. The van der Waals surface area contributed by atoms with Gasteiger partial charge < -0.3 is 4.90 Å². The Hall–Kier alpha value is -7.22. The predicted octanol–water partition coefficient (Wildman–Crippen LogP) is 13.9. The van der Waals surface area contributed by atoms with Crippen molar-refractivity contribution in [2.75, 3.05) is 4.90 Å². The molecule has 12 rings (SSSR count). The summed E-state index contributed by atoms with van der Waals surface area (Å²) < 4.78 is 0. The summed E-state index contributed by atoms with van der Waals surface area (Å²) >= 11 is 0. The summed E-state index contributed by atoms with van der Waals surface area (Å²) in [6.45, 7) is 0. The molecule has 0 bridgehead atoms. The molecule has 1 nitrogen and oxygen atoms in total. The Bertz CT molecular complexity index is 2920. The molecule has 0 heterocycles. The van der Waals surface area contributed by atoms with Crippen molar-refractivity contribution in [3.63, 3.8) is 0 Å². The second-order valence-corrected chi connectivity index (χ2v) is 15.5. The first-order chi connectivity index (χ1) is 28.3. The van der Waals surface area contributed by atoms with Crippen molar-refractivity contribution in [1.29, 1.82) is 0 Å². The van der Waals surface area contributed by atoms with Crippen LogP contribution >= 0.6 is 0 Å². The number of anilines is 3. The van der Waals surface area contributed by atoms with Gasteiger partial charge in [0.25, 0.3) is 0 Å². The maximum absolute atomic E-state index is 2.50. The molecule has 0 aliphatic heterocycles. The van der Waals surface area contributed by atoms with Crippen molar-refractivity contribution < 1.29 is 0 Å². The van der Waals surface area contributed by atoms with Crippen molar-refractivity contribution in [3.8, 4) is 33.4 Å². The lowest BCUT2D eigenvalue weighted by atomic mass is 9.52. The van der Waals surface area contributed by atoms with E-state index >= 15 is 0 Å². The van der Waals surface area contributed by atoms with Gasteiger partial charge in [-0.05, 0) is 114 Å². The SMILES string of the molecule is c1ccc(-c2ccc(N(c3ccccc3)c3ccc4c(c3)C3(c5ccccc5-4)c4ccccc4C4(c5ccccc5-c5ccccc54)c4ccccc43)cc2)cc1. The van der Waals surface area contributed by atoms with Gasteiger partial charge in [0.1, 0.15) is 0 Å². The van der Waals surface area contributed by atoms with Crippen LogP contribution in [0.4, 0.5) is 17.1 Å². The molecule has 3 aliphatic rings. The molecule has 0 unspecified atom stereocenters. The molecule has 0 saturated carbocycles. The topological polar surface area (TPSA) is 3.24 Å². The Morgan fingerprint density at radius 3 is 1.05 bits per heavy atom. The maximum atomic E-state index is 2.50. The fraction of sp³-hybridized carbons (Fsp3) is 0.0357. The minimum Gasteiger partial charge on any atom is -0.310 e. The van der Waals surface area contributed by atoms with Crippen molar-refractivity contribution in [2.24, 2.45) is 0 Å². The Labute approximate surface area is 333 Å². The second-order valence-electron chi connectivity index (χ2n) is 15.5. The number of hydrogen-bond acceptors (Lipinski definition) is 1. The summed E-state index contributed by atoms with van der Waals surface area (Å²) in [7, 11) is 0. The quantitative estimate of drug-likeness (QED) is 0.175.